The van der Waals surface area contributed by atoms with Gasteiger partial charge in [-0.3, -0.25) is 0 Å². The van der Waals surface area contributed by atoms with Gasteiger partial charge in [0.15, 0.2) is 7.83 Å². The second-order valence-corrected chi connectivity index (χ2v) is 19.1. The van der Waals surface area contributed by atoms with Crippen molar-refractivity contribution in [3.8, 4) is 0 Å². The minimum atomic E-state index is -2.01. The molecule has 1 heterocycles. The van der Waals surface area contributed by atoms with Gasteiger partial charge in [0.2, 0.25) is 0 Å². The van der Waals surface area contributed by atoms with Gasteiger partial charge in [-0.1, -0.05) is 36.4 Å². The largest absolute Gasteiger partial charge is 0.414 e. The Morgan fingerprint density at radius 2 is 1.45 bits per heavy atom. The van der Waals surface area contributed by atoms with Gasteiger partial charge in [-0.25, -0.2) is 0 Å². The van der Waals surface area contributed by atoms with Gasteiger partial charge in [0.1, 0.15) is 0 Å². The van der Waals surface area contributed by atoms with Gasteiger partial charge in [0.05, 0.1) is 13.7 Å². The molecule has 0 aliphatic carbocycles. The van der Waals surface area contributed by atoms with E-state index in [0.29, 0.717) is 0 Å². The van der Waals surface area contributed by atoms with Crippen LogP contribution in [0.2, 0.25) is 30.2 Å². The molecule has 0 radical (unpaired) electrons. The van der Waals surface area contributed by atoms with Crippen molar-refractivity contribution in [1.82, 2.24) is 0 Å². The van der Waals surface area contributed by atoms with Crippen molar-refractivity contribution < 1.29 is 4.43 Å². The molecule has 0 aromatic rings. The minimum Gasteiger partial charge on any atom is -0.414 e. The van der Waals surface area contributed by atoms with Gasteiger partial charge >= 0.3 is 0 Å². The van der Waals surface area contributed by atoms with Crippen molar-refractivity contribution in [1.29, 1.82) is 0 Å². The molecule has 0 amide bonds. The molecule has 1 aliphatic heterocycles. The van der Waals surface area contributed by atoms with Gasteiger partial charge in [0, 0.05) is 6.04 Å². The average molecular weight is 334 g/mol. The topological polar surface area (TPSA) is 35.2 Å². The summed E-state index contributed by atoms with van der Waals surface area (Å²) in [7, 11) is -3.67. The predicted octanol–water partition coefficient (Wildman–Crippen LogP) is 4.51. The van der Waals surface area contributed by atoms with E-state index in [2.05, 4.69) is 45.0 Å². The van der Waals surface area contributed by atoms with Crippen LogP contribution in [0, 0.1) is 0 Å². The SMILES string of the molecule is C=CC[Si]1(CC=C)CCC(C(N)C=C)O[Si]1(CC=C)CC=C. The summed E-state index contributed by atoms with van der Waals surface area (Å²) in [4.78, 5) is 0. The molecular formula is C18H31NOSi2. The molecule has 0 aromatic heterocycles. The van der Waals surface area contributed by atoms with Gasteiger partial charge in [-0.05, 0) is 30.6 Å². The van der Waals surface area contributed by atoms with E-state index in [4.69, 9.17) is 10.2 Å². The van der Waals surface area contributed by atoms with Crippen molar-refractivity contribution in [2.75, 3.05) is 0 Å². The van der Waals surface area contributed by atoms with E-state index in [-0.39, 0.29) is 12.1 Å². The van der Waals surface area contributed by atoms with E-state index >= 15 is 0 Å². The predicted molar refractivity (Wildman–Crippen MR) is 104 cm³/mol. The third kappa shape index (κ3) is 3.68. The lowest BCUT2D eigenvalue weighted by Crippen LogP contribution is -2.69. The number of rotatable bonds is 10. The molecule has 1 aliphatic rings. The van der Waals surface area contributed by atoms with Crippen LogP contribution >= 0.6 is 0 Å². The fraction of sp³-hybridized carbons (Fsp3) is 0.444. The summed E-state index contributed by atoms with van der Waals surface area (Å²) in [6.07, 6.45) is 11.1. The van der Waals surface area contributed by atoms with Crippen molar-refractivity contribution in [3.63, 3.8) is 0 Å². The molecule has 2 atom stereocenters. The highest BCUT2D eigenvalue weighted by Crippen LogP contribution is 2.44. The third-order valence-electron chi connectivity index (χ3n) is 4.97. The van der Waals surface area contributed by atoms with E-state index in [1.807, 2.05) is 12.2 Å². The summed E-state index contributed by atoms with van der Waals surface area (Å²) in [6, 6.07) is 5.23. The van der Waals surface area contributed by atoms with Crippen LogP contribution in [0.3, 0.4) is 0 Å². The molecule has 2 N–H and O–H groups in total. The molecule has 1 saturated heterocycles. The number of nitrogens with two attached hydrogens (primary N) is 1. The van der Waals surface area contributed by atoms with Crippen LogP contribution in [-0.2, 0) is 4.43 Å². The first kappa shape index (κ1) is 19.1. The Balaban J connectivity index is 3.30. The Kier molecular flexibility index (Phi) is 7.49. The first-order valence-electron chi connectivity index (χ1n) is 8.04. The highest BCUT2D eigenvalue weighted by Gasteiger charge is 2.57. The molecule has 22 heavy (non-hydrogen) atoms. The smallest absolute Gasteiger partial charge is 0.188 e. The van der Waals surface area contributed by atoms with Crippen LogP contribution in [0.15, 0.2) is 63.3 Å². The standard InChI is InChI=1S/C18H31NOSi2/c1-6-12-21(13-7-2)16-11-18(17(19)10-5)20-22(21,14-8-3)15-9-4/h6-10,17-18H,1-5,11-16,19H2. The van der Waals surface area contributed by atoms with E-state index < -0.39 is 15.4 Å². The van der Waals surface area contributed by atoms with E-state index in [1.165, 1.54) is 6.04 Å². The zero-order valence-corrected chi connectivity index (χ0v) is 15.8. The number of hydrogen-bond donors (Lipinski definition) is 1. The maximum Gasteiger partial charge on any atom is 0.188 e. The lowest BCUT2D eigenvalue weighted by Gasteiger charge is -2.53. The summed E-state index contributed by atoms with van der Waals surface area (Å²) in [6.45, 7) is 19.9. The van der Waals surface area contributed by atoms with Crippen molar-refractivity contribution in [2.45, 2.75) is 48.8 Å². The Hall–Kier alpha value is -0.946. The molecule has 4 heteroatoms. The zero-order valence-electron chi connectivity index (χ0n) is 13.8. The van der Waals surface area contributed by atoms with E-state index in [9.17, 15) is 0 Å². The van der Waals surface area contributed by atoms with Gasteiger partial charge in [0.25, 0.3) is 0 Å². The highest BCUT2D eigenvalue weighted by molar-refractivity contribution is 7.40. The fourth-order valence-corrected chi connectivity index (χ4v) is 20.4. The Morgan fingerprint density at radius 3 is 1.86 bits per heavy atom. The van der Waals surface area contributed by atoms with Crippen LogP contribution in [0.5, 0.6) is 0 Å². The summed E-state index contributed by atoms with van der Waals surface area (Å²) in [5.74, 6) is 0. The molecular weight excluding hydrogens is 302 g/mol. The Labute approximate surface area is 138 Å². The van der Waals surface area contributed by atoms with Crippen LogP contribution in [0.25, 0.3) is 0 Å². The quantitative estimate of drug-likeness (QED) is 0.472. The van der Waals surface area contributed by atoms with Gasteiger partial charge in [-0.15, -0.1) is 32.9 Å². The molecule has 0 saturated carbocycles. The van der Waals surface area contributed by atoms with Crippen LogP contribution in [0.1, 0.15) is 6.42 Å². The average Bonchev–Trinajstić information content (AvgIpc) is 2.50. The monoisotopic (exact) mass is 333 g/mol. The van der Waals surface area contributed by atoms with Crippen molar-refractivity contribution >= 4 is 15.4 Å². The summed E-state index contributed by atoms with van der Waals surface area (Å²) < 4.78 is 6.79. The lowest BCUT2D eigenvalue weighted by atomic mass is 10.1. The minimum absolute atomic E-state index is 0.0827. The molecule has 0 aromatic carbocycles. The molecule has 1 fully saturated rings. The molecule has 0 bridgehead atoms. The van der Waals surface area contributed by atoms with Gasteiger partial charge in [-0.2, -0.15) is 0 Å². The Morgan fingerprint density at radius 1 is 0.955 bits per heavy atom. The molecule has 0 spiro atoms. The third-order valence-corrected chi connectivity index (χ3v) is 22.3. The molecule has 122 valence electrons. The van der Waals surface area contributed by atoms with Crippen molar-refractivity contribution in [2.24, 2.45) is 5.73 Å². The van der Waals surface area contributed by atoms with Gasteiger partial charge < -0.3 is 10.2 Å². The highest BCUT2D eigenvalue weighted by atomic mass is 29.3. The normalized spacial score (nSPS) is 24.0. The van der Waals surface area contributed by atoms with E-state index in [1.54, 1.807) is 6.08 Å². The second kappa shape index (κ2) is 8.62. The number of hydrogen-bond acceptors (Lipinski definition) is 2. The Bertz CT molecular complexity index is 413. The fourth-order valence-electron chi connectivity index (χ4n) is 3.83. The summed E-state index contributed by atoms with van der Waals surface area (Å²) in [5.41, 5.74) is 6.20. The molecule has 2 nitrogen and oxygen atoms in total. The maximum atomic E-state index is 6.79. The summed E-state index contributed by atoms with van der Waals surface area (Å²) >= 11 is 0. The first-order valence-corrected chi connectivity index (χ1v) is 14.0. The zero-order chi connectivity index (χ0) is 16.6. The van der Waals surface area contributed by atoms with Crippen molar-refractivity contribution in [3.05, 3.63) is 63.3 Å². The lowest BCUT2D eigenvalue weighted by molar-refractivity contribution is 0.168. The molecule has 2 unspecified atom stereocenters. The second-order valence-electron chi connectivity index (χ2n) is 6.25. The van der Waals surface area contributed by atoms with Crippen LogP contribution in [0.4, 0.5) is 0 Å². The first-order chi connectivity index (χ1) is 10.5. The maximum absolute atomic E-state index is 6.79. The van der Waals surface area contributed by atoms with Crippen LogP contribution < -0.4 is 5.73 Å². The number of allylic oxidation sites excluding steroid dienone is 4. The summed E-state index contributed by atoms with van der Waals surface area (Å²) in [5, 5.41) is 0. The van der Waals surface area contributed by atoms with Crippen LogP contribution in [-0.4, -0.2) is 27.6 Å². The molecule has 1 rings (SSSR count). The van der Waals surface area contributed by atoms with E-state index in [0.717, 1.165) is 30.6 Å².